The lowest BCUT2D eigenvalue weighted by atomic mass is 9.12. The molecule has 7 aromatic rings. The predicted molar refractivity (Wildman–Crippen MR) is 264 cm³/mol. The third kappa shape index (κ3) is 16.3. The summed E-state index contributed by atoms with van der Waals surface area (Å²) in [5, 5.41) is 0. The fraction of sp³-hybridized carbons (Fsp3) is 0.339. The highest BCUT2D eigenvalue weighted by atomic mass is 32.1. The van der Waals surface area contributed by atoms with E-state index < -0.39 is 195 Å². The first kappa shape index (κ1) is 65.7. The minimum absolute atomic E-state index is 0.691. The number of aromatic nitrogens is 1. The molecule has 0 aliphatic carbocycles. The zero-order valence-corrected chi connectivity index (χ0v) is 43.5. The van der Waals surface area contributed by atoms with Crippen molar-refractivity contribution in [1.82, 2.24) is 0 Å². The molecule has 0 saturated heterocycles. The summed E-state index contributed by atoms with van der Waals surface area (Å²) in [5.41, 5.74) is -23.6. The monoisotopic (exact) mass is 1230 g/mol. The van der Waals surface area contributed by atoms with Gasteiger partial charge in [0, 0.05) is 11.6 Å². The van der Waals surface area contributed by atoms with Gasteiger partial charge in [0.25, 0.3) is 0 Å². The zero-order chi connectivity index (χ0) is 61.9. The van der Waals surface area contributed by atoms with Crippen molar-refractivity contribution in [3.05, 3.63) is 182 Å². The normalized spacial score (nSPS) is 13.4. The van der Waals surface area contributed by atoms with Crippen LogP contribution in [0.25, 0.3) is 10.2 Å². The SMILES string of the molecule is CCCCCCCCCCc1cccc2c1sc[n+]2Cc1ccccc1.FC(F)(F)c1cc([B-](c2cc(C(F)(F)F)cc(C(F)(F)F)c2)(c2cc(C(F)(F)F)cc(C(F)(F)F)c2)c2cc(C(F)(F)F)cc(C(F)(F)F)c2)cc(C(F)(F)F)c1. The van der Waals surface area contributed by atoms with Crippen LogP contribution in [0, 0.1) is 0 Å². The Morgan fingerprint density at radius 2 is 0.651 bits per heavy atom. The van der Waals surface area contributed by atoms with E-state index in [4.69, 9.17) is 0 Å². The van der Waals surface area contributed by atoms with Gasteiger partial charge in [-0.05, 0) is 42.7 Å². The number of rotatable bonds is 15. The molecule has 0 saturated carbocycles. The van der Waals surface area contributed by atoms with Gasteiger partial charge in [-0.2, -0.15) is 132 Å². The second-order valence-corrected chi connectivity index (χ2v) is 20.4. The van der Waals surface area contributed by atoms with Crippen molar-refractivity contribution < 1.29 is 110 Å². The van der Waals surface area contributed by atoms with E-state index in [2.05, 4.69) is 65.5 Å². The highest BCUT2D eigenvalue weighted by Crippen LogP contribution is 2.42. The number of aryl methyl sites for hydroxylation is 1. The van der Waals surface area contributed by atoms with Crippen LogP contribution in [-0.2, 0) is 62.4 Å². The molecule has 1 heterocycles. The van der Waals surface area contributed by atoms with Gasteiger partial charge in [-0.3, -0.25) is 0 Å². The fourth-order valence-electron chi connectivity index (χ4n) is 9.73. The largest absolute Gasteiger partial charge is 0.416 e. The lowest BCUT2D eigenvalue weighted by Crippen LogP contribution is -2.75. The van der Waals surface area contributed by atoms with Crippen molar-refractivity contribution in [2.75, 3.05) is 0 Å². The summed E-state index contributed by atoms with van der Waals surface area (Å²) < 4.78 is 345. The molecule has 0 unspecified atom stereocenters. The number of nitrogens with zero attached hydrogens (tertiary/aromatic N) is 1. The Bertz CT molecular complexity index is 2880. The number of unbranched alkanes of at least 4 members (excludes halogenated alkanes) is 7. The number of hydrogen-bond acceptors (Lipinski definition) is 1. The van der Waals surface area contributed by atoms with Crippen LogP contribution in [-0.4, -0.2) is 6.15 Å². The Morgan fingerprint density at radius 1 is 0.349 bits per heavy atom. The van der Waals surface area contributed by atoms with Crippen LogP contribution in [0.15, 0.2) is 127 Å². The number of benzene rings is 6. The van der Waals surface area contributed by atoms with E-state index in [1.807, 2.05) is 11.3 Å². The Labute approximate surface area is 461 Å². The summed E-state index contributed by atoms with van der Waals surface area (Å²) in [6, 6.07) is 8.77. The summed E-state index contributed by atoms with van der Waals surface area (Å²) in [7, 11) is 0. The minimum atomic E-state index is -6.13. The summed E-state index contributed by atoms with van der Waals surface area (Å²) in [6.45, 7) is 3.25. The number of hydrogen-bond donors (Lipinski definition) is 0. The van der Waals surface area contributed by atoms with Crippen LogP contribution in [0.5, 0.6) is 0 Å². The molecule has 450 valence electrons. The van der Waals surface area contributed by atoms with Crippen molar-refractivity contribution in [3.8, 4) is 0 Å². The number of fused-ring (bicyclic) bond motifs is 1. The quantitative estimate of drug-likeness (QED) is 0.0417. The Kier molecular flexibility index (Phi) is 19.5. The molecule has 0 amide bonds. The van der Waals surface area contributed by atoms with Crippen molar-refractivity contribution in [3.63, 3.8) is 0 Å². The van der Waals surface area contributed by atoms with Gasteiger partial charge >= 0.3 is 49.4 Å². The van der Waals surface area contributed by atoms with Gasteiger partial charge in [0.05, 0.1) is 44.5 Å². The first-order valence-corrected chi connectivity index (χ1v) is 25.8. The van der Waals surface area contributed by atoms with Crippen LogP contribution in [0.4, 0.5) is 105 Å². The van der Waals surface area contributed by atoms with Crippen molar-refractivity contribution in [1.29, 1.82) is 0 Å². The highest BCUT2D eigenvalue weighted by molar-refractivity contribution is 7.20. The first-order chi connectivity index (χ1) is 38.1. The minimum Gasteiger partial charge on any atom is -0.194 e. The van der Waals surface area contributed by atoms with Gasteiger partial charge in [-0.15, -0.1) is 0 Å². The van der Waals surface area contributed by atoms with Gasteiger partial charge in [0.2, 0.25) is 11.0 Å². The lowest BCUT2D eigenvalue weighted by molar-refractivity contribution is -0.658. The topological polar surface area (TPSA) is 3.88 Å². The fourth-order valence-corrected chi connectivity index (χ4v) is 10.8. The molecule has 83 heavy (non-hydrogen) atoms. The molecule has 27 heteroatoms. The molecule has 0 spiro atoms. The Balaban J connectivity index is 0.000000352. The molecule has 0 atom stereocenters. The summed E-state index contributed by atoms with van der Waals surface area (Å²) in [5.74, 6) is 0. The Hall–Kier alpha value is -6.41. The highest BCUT2D eigenvalue weighted by Gasteiger charge is 2.47. The molecule has 0 aliphatic rings. The van der Waals surface area contributed by atoms with Crippen molar-refractivity contribution in [2.45, 2.75) is 121 Å². The van der Waals surface area contributed by atoms with Crippen LogP contribution in [0.2, 0.25) is 0 Å². The second-order valence-electron chi connectivity index (χ2n) is 19.5. The maximum atomic E-state index is 14.2. The summed E-state index contributed by atoms with van der Waals surface area (Å²) >= 11 is 1.90. The van der Waals surface area contributed by atoms with Crippen LogP contribution >= 0.6 is 11.3 Å². The average Bonchev–Trinajstić information content (AvgIpc) is 3.08. The molecule has 0 fully saturated rings. The lowest BCUT2D eigenvalue weighted by Gasteiger charge is -2.46. The van der Waals surface area contributed by atoms with Gasteiger partial charge in [0.15, 0.2) is 6.54 Å². The summed E-state index contributed by atoms with van der Waals surface area (Å²) in [4.78, 5) is 0. The predicted octanol–water partition coefficient (Wildman–Crippen LogP) is 18.1. The maximum Gasteiger partial charge on any atom is 0.416 e. The van der Waals surface area contributed by atoms with E-state index in [-0.39, 0.29) is 0 Å². The standard InChI is InChI=1S/C32H12BF24.C24H32NS/c34-25(35,36)13-1-14(26(37,38)39)6-21(5-13)33(22-7-15(27(40,41)42)2-16(8-22)28(43,44)45,23-9-17(29(46,47)48)3-18(10-23)30(49,50)51)24-11-19(31(52,53)54)4-20(12-24)32(55,56)57;1-2-3-4-5-6-7-8-12-16-22-17-13-18-23-24(22)26-20-25(23)19-21-14-10-9-11-15-21/h1-12H;9-11,13-15,17-18,20H,2-8,12,16,19H2,1H3/q-1;+1. The van der Waals surface area contributed by atoms with Crippen LogP contribution in [0.1, 0.15) is 114 Å². The Morgan fingerprint density at radius 3 is 0.952 bits per heavy atom. The molecule has 0 radical (unpaired) electrons. The third-order valence-corrected chi connectivity index (χ3v) is 14.7. The average molecular weight is 1230 g/mol. The van der Waals surface area contributed by atoms with Gasteiger partial charge in [-0.25, -0.2) is 0 Å². The van der Waals surface area contributed by atoms with E-state index in [9.17, 15) is 105 Å². The van der Waals surface area contributed by atoms with E-state index in [0.717, 1.165) is 6.54 Å². The zero-order valence-electron chi connectivity index (χ0n) is 42.7. The van der Waals surface area contributed by atoms with Crippen LogP contribution < -0.4 is 26.4 Å². The smallest absolute Gasteiger partial charge is 0.194 e. The number of halogens is 24. The third-order valence-electron chi connectivity index (χ3n) is 13.6. The molecule has 1 aromatic heterocycles. The van der Waals surface area contributed by atoms with E-state index in [1.165, 1.54) is 79.1 Å². The molecule has 7 rings (SSSR count). The molecular weight excluding hydrogens is 1190 g/mol. The van der Waals surface area contributed by atoms with Crippen molar-refractivity contribution in [2.24, 2.45) is 0 Å². The number of thiazole rings is 1. The molecule has 1 nitrogen and oxygen atoms in total. The maximum absolute atomic E-state index is 14.2. The molecule has 0 N–H and O–H groups in total. The second kappa shape index (κ2) is 24.7. The molecule has 6 aromatic carbocycles. The molecular formula is C56H44BF24NS. The van der Waals surface area contributed by atoms with Gasteiger partial charge in [-0.1, -0.05) is 154 Å². The van der Waals surface area contributed by atoms with Gasteiger partial charge in [0.1, 0.15) is 10.8 Å². The van der Waals surface area contributed by atoms with Crippen LogP contribution in [0.3, 0.4) is 0 Å². The van der Waals surface area contributed by atoms with E-state index in [1.54, 1.807) is 0 Å². The molecule has 0 aliphatic heterocycles. The van der Waals surface area contributed by atoms with E-state index in [0.29, 0.717) is 0 Å². The summed E-state index contributed by atoms with van der Waals surface area (Å²) in [6.07, 6.45) is -42.5. The number of alkyl halides is 24. The van der Waals surface area contributed by atoms with Gasteiger partial charge < -0.3 is 0 Å². The van der Waals surface area contributed by atoms with Crippen molar-refractivity contribution >= 4 is 49.6 Å². The first-order valence-electron chi connectivity index (χ1n) is 24.9. The molecule has 0 bridgehead atoms. The van der Waals surface area contributed by atoms with E-state index >= 15 is 0 Å².